The zero-order chi connectivity index (χ0) is 16.2. The highest BCUT2D eigenvalue weighted by Gasteiger charge is 2.30. The lowest BCUT2D eigenvalue weighted by atomic mass is 10.2. The van der Waals surface area contributed by atoms with Gasteiger partial charge < -0.3 is 9.64 Å². The van der Waals surface area contributed by atoms with Crippen LogP contribution in [0.5, 0.6) is 5.75 Å². The van der Waals surface area contributed by atoms with Crippen molar-refractivity contribution in [2.24, 2.45) is 4.99 Å². The van der Waals surface area contributed by atoms with Crippen LogP contribution in [0.1, 0.15) is 0 Å². The average Bonchev–Trinajstić information content (AvgIpc) is 2.51. The zero-order valence-electron chi connectivity index (χ0n) is 12.6. The van der Waals surface area contributed by atoms with Crippen LogP contribution in [0.25, 0.3) is 0 Å². The van der Waals surface area contributed by atoms with Gasteiger partial charge in [-0.25, -0.2) is 4.99 Å². The number of nitrogens with zero attached hydrogens (tertiary/aromatic N) is 2. The predicted octanol–water partition coefficient (Wildman–Crippen LogP) is 5.11. The normalized spacial score (nSPS) is 15.4. The number of halogens is 2. The Hall–Kier alpha value is -1.36. The number of benzene rings is 2. The van der Waals surface area contributed by atoms with Crippen LogP contribution in [-0.2, 0) is 0 Å². The maximum atomic E-state index is 5.97. The maximum absolute atomic E-state index is 5.97. The van der Waals surface area contributed by atoms with E-state index in [4.69, 9.17) is 27.9 Å². The highest BCUT2D eigenvalue weighted by molar-refractivity contribution is 8.13. The molecule has 0 amide bonds. The third-order valence-corrected chi connectivity index (χ3v) is 4.65. The van der Waals surface area contributed by atoms with Crippen molar-refractivity contribution in [3.8, 4) is 5.75 Å². The van der Waals surface area contributed by atoms with Gasteiger partial charge in [0.2, 0.25) is 0 Å². The number of likely N-dealkylation sites (tertiary alicyclic amines) is 1. The molecule has 0 aliphatic carbocycles. The van der Waals surface area contributed by atoms with Crippen molar-refractivity contribution in [2.45, 2.75) is 6.10 Å². The minimum Gasteiger partial charge on any atom is -0.487 e. The van der Waals surface area contributed by atoms with Gasteiger partial charge in [-0.2, -0.15) is 0 Å². The van der Waals surface area contributed by atoms with Crippen LogP contribution in [0, 0.1) is 0 Å². The van der Waals surface area contributed by atoms with Crippen LogP contribution >= 0.6 is 35.0 Å². The molecule has 0 atom stereocenters. The molecule has 0 saturated carbocycles. The predicted molar refractivity (Wildman–Crippen MR) is 99.5 cm³/mol. The Morgan fingerprint density at radius 1 is 1.13 bits per heavy atom. The Kier molecular flexibility index (Phi) is 5.36. The number of thioether (sulfide) groups is 1. The number of ether oxygens (including phenoxy) is 1. The van der Waals surface area contributed by atoms with Crippen molar-refractivity contribution >= 4 is 45.8 Å². The van der Waals surface area contributed by atoms with E-state index < -0.39 is 0 Å². The molecule has 1 heterocycles. The number of hydrogen-bond donors (Lipinski definition) is 0. The number of rotatable bonds is 3. The molecule has 2 aromatic rings. The second-order valence-corrected chi connectivity index (χ2v) is 6.82. The minimum absolute atomic E-state index is 0.163. The molecule has 2 aromatic carbocycles. The Bertz CT molecular complexity index is 700. The minimum atomic E-state index is 0.163. The van der Waals surface area contributed by atoms with Crippen molar-refractivity contribution in [2.75, 3.05) is 19.3 Å². The molecular formula is C17H16Cl2N2OS. The van der Waals surface area contributed by atoms with Gasteiger partial charge in [0.25, 0.3) is 0 Å². The standard InChI is InChI=1S/C17H16Cl2N2OS/c1-23-17(20-14-7-5-12(18)6-8-14)21-10-16(11-21)22-15-4-2-3-13(19)9-15/h2-9,16H,10-11H2,1H3/b20-17+. The third kappa shape index (κ3) is 4.34. The molecule has 0 unspecified atom stereocenters. The second kappa shape index (κ2) is 7.47. The SMILES string of the molecule is CS/C(=N/c1ccc(Cl)cc1)N1CC(Oc2cccc(Cl)c2)C1. The summed E-state index contributed by atoms with van der Waals surface area (Å²) in [5.74, 6) is 0.808. The summed E-state index contributed by atoms with van der Waals surface area (Å²) in [6.45, 7) is 1.64. The summed E-state index contributed by atoms with van der Waals surface area (Å²) < 4.78 is 5.91. The van der Waals surface area contributed by atoms with Gasteiger partial charge in [0.15, 0.2) is 5.17 Å². The third-order valence-electron chi connectivity index (χ3n) is 3.45. The number of hydrogen-bond acceptors (Lipinski definition) is 3. The molecule has 1 saturated heterocycles. The van der Waals surface area contributed by atoms with Crippen molar-refractivity contribution in [3.63, 3.8) is 0 Å². The summed E-state index contributed by atoms with van der Waals surface area (Å²) in [6.07, 6.45) is 2.19. The van der Waals surface area contributed by atoms with Crippen molar-refractivity contribution in [3.05, 3.63) is 58.6 Å². The topological polar surface area (TPSA) is 24.8 Å². The summed E-state index contributed by atoms with van der Waals surface area (Å²) in [5.41, 5.74) is 0.901. The van der Waals surface area contributed by atoms with Gasteiger partial charge in [-0.05, 0) is 48.7 Å². The maximum Gasteiger partial charge on any atom is 0.164 e. The van der Waals surface area contributed by atoms with E-state index in [0.717, 1.165) is 29.7 Å². The number of aliphatic imine (C=N–C) groups is 1. The lowest BCUT2D eigenvalue weighted by Crippen LogP contribution is -2.55. The molecule has 0 bridgehead atoms. The molecule has 0 radical (unpaired) electrons. The first-order valence-corrected chi connectivity index (χ1v) is 9.17. The molecule has 1 aliphatic heterocycles. The summed E-state index contributed by atoms with van der Waals surface area (Å²) in [6, 6.07) is 15.0. The summed E-state index contributed by atoms with van der Waals surface area (Å²) in [5, 5.41) is 2.39. The van der Waals surface area contributed by atoms with Crippen molar-refractivity contribution in [1.82, 2.24) is 4.90 Å². The van der Waals surface area contributed by atoms with Crippen molar-refractivity contribution < 1.29 is 4.74 Å². The molecule has 23 heavy (non-hydrogen) atoms. The largest absolute Gasteiger partial charge is 0.487 e. The smallest absolute Gasteiger partial charge is 0.164 e. The average molecular weight is 367 g/mol. The highest BCUT2D eigenvalue weighted by atomic mass is 35.5. The van der Waals surface area contributed by atoms with Gasteiger partial charge in [-0.3, -0.25) is 0 Å². The van der Waals surface area contributed by atoms with E-state index in [2.05, 4.69) is 9.89 Å². The monoisotopic (exact) mass is 366 g/mol. The first-order valence-electron chi connectivity index (χ1n) is 7.19. The van der Waals surface area contributed by atoms with Gasteiger partial charge in [0, 0.05) is 10.0 Å². The van der Waals surface area contributed by atoms with Crippen molar-refractivity contribution in [1.29, 1.82) is 0 Å². The van der Waals surface area contributed by atoms with Crippen LogP contribution in [0.4, 0.5) is 5.69 Å². The Morgan fingerprint density at radius 3 is 2.52 bits per heavy atom. The molecule has 0 aromatic heterocycles. The fraction of sp³-hybridized carbons (Fsp3) is 0.235. The van der Waals surface area contributed by atoms with Crippen LogP contribution < -0.4 is 4.74 Å². The summed E-state index contributed by atoms with van der Waals surface area (Å²) in [7, 11) is 0. The summed E-state index contributed by atoms with van der Waals surface area (Å²) in [4.78, 5) is 6.87. The van der Waals surface area contributed by atoms with Gasteiger partial charge >= 0.3 is 0 Å². The van der Waals surface area contributed by atoms with Gasteiger partial charge in [0.05, 0.1) is 18.8 Å². The van der Waals surface area contributed by atoms with E-state index in [1.165, 1.54) is 0 Å². The Balaban J connectivity index is 1.59. The number of amidine groups is 1. The first-order chi connectivity index (χ1) is 11.1. The van der Waals surface area contributed by atoms with Gasteiger partial charge in [0.1, 0.15) is 11.9 Å². The van der Waals surface area contributed by atoms with E-state index in [1.54, 1.807) is 11.8 Å². The zero-order valence-corrected chi connectivity index (χ0v) is 14.9. The molecular weight excluding hydrogens is 351 g/mol. The molecule has 0 spiro atoms. The first kappa shape index (κ1) is 16.5. The fourth-order valence-corrected chi connectivity index (χ4v) is 3.18. The molecule has 0 N–H and O–H groups in total. The van der Waals surface area contributed by atoms with E-state index in [-0.39, 0.29) is 6.10 Å². The van der Waals surface area contributed by atoms with E-state index in [9.17, 15) is 0 Å². The van der Waals surface area contributed by atoms with Crippen LogP contribution in [0.15, 0.2) is 53.5 Å². The van der Waals surface area contributed by atoms with Crippen LogP contribution in [-0.4, -0.2) is 35.5 Å². The lowest BCUT2D eigenvalue weighted by molar-refractivity contribution is 0.0700. The lowest BCUT2D eigenvalue weighted by Gasteiger charge is -2.40. The molecule has 6 heteroatoms. The summed E-state index contributed by atoms with van der Waals surface area (Å²) >= 11 is 13.5. The fourth-order valence-electron chi connectivity index (χ4n) is 2.27. The van der Waals surface area contributed by atoms with E-state index >= 15 is 0 Å². The molecule has 1 fully saturated rings. The molecule has 120 valence electrons. The van der Waals surface area contributed by atoms with Crippen LogP contribution in [0.2, 0.25) is 10.0 Å². The quantitative estimate of drug-likeness (QED) is 0.557. The van der Waals surface area contributed by atoms with Gasteiger partial charge in [-0.1, -0.05) is 41.0 Å². The Labute approximate surface area is 150 Å². The van der Waals surface area contributed by atoms with Crippen LogP contribution in [0.3, 0.4) is 0 Å². The van der Waals surface area contributed by atoms with E-state index in [1.807, 2.05) is 54.8 Å². The molecule has 3 rings (SSSR count). The molecule has 3 nitrogen and oxygen atoms in total. The highest BCUT2D eigenvalue weighted by Crippen LogP contribution is 2.25. The van der Waals surface area contributed by atoms with Gasteiger partial charge in [-0.15, -0.1) is 0 Å². The Morgan fingerprint density at radius 2 is 1.87 bits per heavy atom. The molecule has 1 aliphatic rings. The van der Waals surface area contributed by atoms with E-state index in [0.29, 0.717) is 10.0 Å². The second-order valence-electron chi connectivity index (χ2n) is 5.18.